The molecule has 0 saturated carbocycles. The van der Waals surface area contributed by atoms with E-state index < -0.39 is 7.75 Å². The van der Waals surface area contributed by atoms with Crippen molar-refractivity contribution in [3.63, 3.8) is 0 Å². The number of phenolic OH excluding ortho intramolecular Hbond substituents is 1. The lowest BCUT2D eigenvalue weighted by Crippen LogP contribution is -2.07. The van der Waals surface area contributed by atoms with Crippen LogP contribution in [0.3, 0.4) is 0 Å². The number of nitrogens with one attached hydrogen (secondary N) is 1. The Bertz CT molecular complexity index is 518. The van der Waals surface area contributed by atoms with Crippen LogP contribution in [-0.2, 0) is 13.6 Å². The second kappa shape index (κ2) is 11.2. The molecule has 0 amide bonds. The van der Waals surface area contributed by atoms with E-state index in [4.69, 9.17) is 32.2 Å². The van der Waals surface area contributed by atoms with Crippen LogP contribution in [-0.4, -0.2) is 18.3 Å². The summed E-state index contributed by atoms with van der Waals surface area (Å²) < 4.78 is 23.9. The minimum atomic E-state index is -3.53. The lowest BCUT2D eigenvalue weighted by molar-refractivity contribution is 0.202. The van der Waals surface area contributed by atoms with Gasteiger partial charge in [0.25, 0.3) is 0 Å². The van der Waals surface area contributed by atoms with Crippen molar-refractivity contribution < 1.29 is 18.7 Å². The third-order valence-electron chi connectivity index (χ3n) is 3.30. The summed E-state index contributed by atoms with van der Waals surface area (Å²) in [7, 11) is -3.53. The molecular weight excluding hydrogens is 372 g/mol. The number of hydrogen-bond donors (Lipinski definition) is 2. The van der Waals surface area contributed by atoms with Crippen molar-refractivity contribution in [2.24, 2.45) is 0 Å². The molecule has 5 nitrogen and oxygen atoms in total. The predicted molar refractivity (Wildman–Crippen MR) is 100 cm³/mol. The van der Waals surface area contributed by atoms with Gasteiger partial charge in [-0.3, -0.25) is 14.1 Å². The molecule has 0 atom stereocenters. The van der Waals surface area contributed by atoms with E-state index in [9.17, 15) is 9.67 Å². The monoisotopic (exact) mass is 397 g/mol. The van der Waals surface area contributed by atoms with Crippen molar-refractivity contribution in [1.82, 2.24) is 0 Å². The third kappa shape index (κ3) is 7.62. The minimum absolute atomic E-state index is 0.0634. The maximum absolute atomic E-state index is 12.9. The van der Waals surface area contributed by atoms with Gasteiger partial charge < -0.3 is 5.11 Å². The third-order valence-corrected chi connectivity index (χ3v) is 5.45. The first-order valence-corrected chi connectivity index (χ1v) is 10.6. The zero-order valence-corrected chi connectivity index (χ0v) is 16.6. The quantitative estimate of drug-likeness (QED) is 0.235. The zero-order chi connectivity index (χ0) is 18.0. The van der Waals surface area contributed by atoms with Crippen molar-refractivity contribution >= 4 is 36.6 Å². The largest absolute Gasteiger partial charge is 0.505 e. The fourth-order valence-electron chi connectivity index (χ4n) is 1.96. The van der Waals surface area contributed by atoms with Crippen LogP contribution in [0.4, 0.5) is 5.69 Å². The van der Waals surface area contributed by atoms with Crippen molar-refractivity contribution in [3.8, 4) is 5.75 Å². The highest BCUT2D eigenvalue weighted by Gasteiger charge is 2.25. The zero-order valence-electron chi connectivity index (χ0n) is 14.2. The number of benzene rings is 1. The Morgan fingerprint density at radius 2 is 1.46 bits per heavy atom. The van der Waals surface area contributed by atoms with Gasteiger partial charge in [-0.05, 0) is 25.0 Å². The summed E-state index contributed by atoms with van der Waals surface area (Å²) in [6, 6.07) is 2.86. The van der Waals surface area contributed by atoms with Gasteiger partial charge in [-0.15, -0.1) is 0 Å². The second-order valence-electron chi connectivity index (χ2n) is 5.48. The fourth-order valence-corrected chi connectivity index (χ4v) is 3.84. The van der Waals surface area contributed by atoms with E-state index in [0.29, 0.717) is 18.9 Å². The van der Waals surface area contributed by atoms with Gasteiger partial charge in [-0.2, -0.15) is 0 Å². The molecule has 1 aromatic rings. The molecule has 0 aromatic heterocycles. The molecule has 0 aliphatic heterocycles. The Morgan fingerprint density at radius 1 is 1.00 bits per heavy atom. The number of aromatic hydroxyl groups is 1. The van der Waals surface area contributed by atoms with Crippen molar-refractivity contribution in [3.05, 3.63) is 22.2 Å². The maximum atomic E-state index is 12.9. The minimum Gasteiger partial charge on any atom is -0.505 e. The molecule has 0 radical (unpaired) electrons. The van der Waals surface area contributed by atoms with Gasteiger partial charge in [0.2, 0.25) is 0 Å². The molecule has 1 rings (SSSR count). The molecule has 138 valence electrons. The maximum Gasteiger partial charge on any atom is 0.432 e. The summed E-state index contributed by atoms with van der Waals surface area (Å²) >= 11 is 11.8. The van der Waals surface area contributed by atoms with Gasteiger partial charge in [0.05, 0.1) is 23.3 Å². The van der Waals surface area contributed by atoms with E-state index >= 15 is 0 Å². The summed E-state index contributed by atoms with van der Waals surface area (Å²) in [6.45, 7) is 4.84. The van der Waals surface area contributed by atoms with Crippen molar-refractivity contribution in [2.75, 3.05) is 18.3 Å². The lowest BCUT2D eigenvalue weighted by Gasteiger charge is -2.20. The average molecular weight is 398 g/mol. The van der Waals surface area contributed by atoms with Crippen molar-refractivity contribution in [1.29, 1.82) is 0 Å². The van der Waals surface area contributed by atoms with E-state index in [0.717, 1.165) is 38.5 Å². The molecule has 1 aromatic carbocycles. The molecule has 2 N–H and O–H groups in total. The number of hydrogen-bond acceptors (Lipinski definition) is 4. The van der Waals surface area contributed by atoms with Crippen LogP contribution in [0.25, 0.3) is 0 Å². The Labute approximate surface area is 154 Å². The van der Waals surface area contributed by atoms with Crippen LogP contribution in [0.15, 0.2) is 12.1 Å². The molecule has 0 aliphatic carbocycles. The van der Waals surface area contributed by atoms with Crippen LogP contribution in [0.5, 0.6) is 5.75 Å². The molecule has 0 heterocycles. The number of rotatable bonds is 12. The Hall–Kier alpha value is -0.450. The first-order valence-electron chi connectivity index (χ1n) is 8.27. The average Bonchev–Trinajstić information content (AvgIpc) is 2.53. The molecule has 0 fully saturated rings. The smallest absolute Gasteiger partial charge is 0.432 e. The molecule has 0 bridgehead atoms. The summed E-state index contributed by atoms with van der Waals surface area (Å²) in [5, 5.41) is 12.5. The Balaban J connectivity index is 2.77. The van der Waals surface area contributed by atoms with E-state index in [1.807, 2.05) is 0 Å². The normalized spacial score (nSPS) is 11.7. The number of unbranched alkanes of at least 4 members (excludes halogenated alkanes) is 4. The molecule has 8 heteroatoms. The van der Waals surface area contributed by atoms with Gasteiger partial charge >= 0.3 is 7.75 Å². The highest BCUT2D eigenvalue weighted by molar-refractivity contribution is 7.55. The van der Waals surface area contributed by atoms with Gasteiger partial charge in [0.1, 0.15) is 0 Å². The first-order chi connectivity index (χ1) is 11.4. The Kier molecular flexibility index (Phi) is 10.1. The summed E-state index contributed by atoms with van der Waals surface area (Å²) in [5.74, 6) is -0.216. The van der Waals surface area contributed by atoms with Crippen molar-refractivity contribution in [2.45, 2.75) is 52.4 Å². The highest BCUT2D eigenvalue weighted by Crippen LogP contribution is 2.49. The second-order valence-corrected chi connectivity index (χ2v) is 8.03. The lowest BCUT2D eigenvalue weighted by atomic mass is 10.3. The van der Waals surface area contributed by atoms with Gasteiger partial charge in [0, 0.05) is 5.69 Å². The number of halogens is 2. The van der Waals surface area contributed by atoms with Gasteiger partial charge in [-0.1, -0.05) is 62.7 Å². The highest BCUT2D eigenvalue weighted by atomic mass is 35.5. The summed E-state index contributed by atoms with van der Waals surface area (Å²) in [5.41, 5.74) is 0.372. The standard InChI is InChI=1S/C16H26Cl2NO4P/c1-3-5-7-9-22-24(21,23-10-8-6-4-2)19-13-11-14(17)16(20)15(18)12-13/h11-12,20H,3-10H2,1-2H3,(H,19,21). The topological polar surface area (TPSA) is 67.8 Å². The predicted octanol–water partition coefficient (Wildman–Crippen LogP) is 6.63. The van der Waals surface area contributed by atoms with Gasteiger partial charge in [-0.25, -0.2) is 4.57 Å². The summed E-state index contributed by atoms with van der Waals surface area (Å²) in [4.78, 5) is 0. The molecule has 0 spiro atoms. The van der Waals surface area contributed by atoms with E-state index in [1.165, 1.54) is 12.1 Å². The van der Waals surface area contributed by atoms with Crippen LogP contribution in [0.1, 0.15) is 52.4 Å². The molecular formula is C16H26Cl2NO4P. The van der Waals surface area contributed by atoms with Gasteiger partial charge in [0.15, 0.2) is 5.75 Å². The van der Waals surface area contributed by atoms with Crippen LogP contribution in [0, 0.1) is 0 Å². The first kappa shape index (κ1) is 21.6. The van der Waals surface area contributed by atoms with E-state index in [2.05, 4.69) is 18.9 Å². The fraction of sp³-hybridized carbons (Fsp3) is 0.625. The molecule has 24 heavy (non-hydrogen) atoms. The van der Waals surface area contributed by atoms with E-state index in [-0.39, 0.29) is 15.8 Å². The van der Waals surface area contributed by atoms with E-state index in [1.54, 1.807) is 0 Å². The summed E-state index contributed by atoms with van der Waals surface area (Å²) in [6.07, 6.45) is 5.68. The SMILES string of the molecule is CCCCCOP(=O)(Nc1cc(Cl)c(O)c(Cl)c1)OCCCCC. The van der Waals surface area contributed by atoms with Crippen LogP contribution < -0.4 is 5.09 Å². The number of anilines is 1. The molecule has 0 aliphatic rings. The number of phenols is 1. The molecule has 0 unspecified atom stereocenters. The Morgan fingerprint density at radius 3 is 1.88 bits per heavy atom. The van der Waals surface area contributed by atoms with Crippen LogP contribution in [0.2, 0.25) is 10.0 Å². The van der Waals surface area contributed by atoms with Crippen LogP contribution >= 0.6 is 30.9 Å². The molecule has 0 saturated heterocycles.